The van der Waals surface area contributed by atoms with Crippen molar-refractivity contribution in [1.29, 1.82) is 0 Å². The fourth-order valence-corrected chi connectivity index (χ4v) is 9.86. The number of ether oxygens (including phenoxy) is 3. The number of carbonyl (C=O) groups is 1. The van der Waals surface area contributed by atoms with Gasteiger partial charge in [0.1, 0.15) is 31.3 Å². The van der Waals surface area contributed by atoms with Gasteiger partial charge in [-0.3, -0.25) is 14.6 Å². The lowest BCUT2D eigenvalue weighted by Gasteiger charge is -2.33. The number of fused-ring (bicyclic) bond motifs is 2. The van der Waals surface area contributed by atoms with E-state index in [0.717, 1.165) is 87.1 Å². The summed E-state index contributed by atoms with van der Waals surface area (Å²) in [5, 5.41) is 18.7. The number of aromatic nitrogens is 4. The highest BCUT2D eigenvalue weighted by Gasteiger charge is 2.33. The van der Waals surface area contributed by atoms with Crippen LogP contribution in [-0.2, 0) is 29.1 Å². The summed E-state index contributed by atoms with van der Waals surface area (Å²) < 4.78 is 65.6. The Kier molecular flexibility index (Phi) is 12.7. The van der Waals surface area contributed by atoms with Crippen LogP contribution in [-0.4, -0.2) is 98.7 Å². The number of likely N-dealkylation sites (N-methyl/N-ethyl adjacent to an activating group) is 1. The fraction of sp³-hybridized carbons (Fsp3) is 0.364. The molecular formula is C44H44ClF3N6O5S2. The lowest BCUT2D eigenvalue weighted by Crippen LogP contribution is -2.45. The molecule has 2 aliphatic rings. The van der Waals surface area contributed by atoms with Crippen LogP contribution >= 0.6 is 34.5 Å². The summed E-state index contributed by atoms with van der Waals surface area (Å²) in [6, 6.07) is 16.3. The van der Waals surface area contributed by atoms with Crippen LogP contribution < -0.4 is 9.47 Å². The molecule has 2 atom stereocenters. The minimum Gasteiger partial charge on any atom is -0.495 e. The van der Waals surface area contributed by atoms with Gasteiger partial charge in [-0.2, -0.15) is 22.6 Å². The largest absolute Gasteiger partial charge is 0.495 e. The first-order valence-electron chi connectivity index (χ1n) is 19.9. The second-order valence-corrected chi connectivity index (χ2v) is 17.5. The molecule has 6 aromatic rings. The first-order chi connectivity index (χ1) is 29.3. The van der Waals surface area contributed by atoms with Crippen molar-refractivity contribution in [2.75, 3.05) is 46.4 Å². The van der Waals surface area contributed by atoms with E-state index >= 15 is 0 Å². The van der Waals surface area contributed by atoms with E-state index in [1.165, 1.54) is 12.3 Å². The summed E-state index contributed by atoms with van der Waals surface area (Å²) in [6.07, 6.45) is -2.41. The first kappa shape index (κ1) is 42.7. The number of carboxylic acid groups (broad SMARTS) is 1. The highest BCUT2D eigenvalue weighted by atomic mass is 35.5. The van der Waals surface area contributed by atoms with Gasteiger partial charge in [0.05, 0.1) is 26.5 Å². The molecule has 1 aliphatic carbocycles. The van der Waals surface area contributed by atoms with Crippen LogP contribution in [0.25, 0.3) is 37.0 Å². The van der Waals surface area contributed by atoms with Gasteiger partial charge in [0.15, 0.2) is 0 Å². The molecule has 2 aromatic carbocycles. The maximum Gasteiger partial charge on any atom is 0.408 e. The average Bonchev–Trinajstić information content (AvgIpc) is 3.98. The van der Waals surface area contributed by atoms with E-state index in [1.54, 1.807) is 41.8 Å². The predicted molar refractivity (Wildman–Crippen MR) is 232 cm³/mol. The predicted octanol–water partition coefficient (Wildman–Crippen LogP) is 9.51. The zero-order valence-electron chi connectivity index (χ0n) is 33.7. The summed E-state index contributed by atoms with van der Waals surface area (Å²) >= 11 is 10.0. The SMILES string of the molecule is CC1=C(c2c(-c3csc4ccccc34)ncc3snc(O[C@H](Cc4ccccc4OCc4ccnn4CC(F)(F)F)C(=O)O)c23)CC(C)C(OCCN2CCN(C)CC2)=C1Cl. The lowest BCUT2D eigenvalue weighted by atomic mass is 9.83. The number of hydrogen-bond donors (Lipinski definition) is 1. The van der Waals surface area contributed by atoms with E-state index < -0.39 is 24.8 Å². The summed E-state index contributed by atoms with van der Waals surface area (Å²) in [4.78, 5) is 22.8. The number of pyridine rings is 1. The van der Waals surface area contributed by atoms with Crippen molar-refractivity contribution >= 4 is 66.2 Å². The molecule has 61 heavy (non-hydrogen) atoms. The summed E-state index contributed by atoms with van der Waals surface area (Å²) in [6.45, 7) is 7.95. The maximum atomic E-state index is 13.2. The third-order valence-electron chi connectivity index (χ3n) is 11.2. The van der Waals surface area contributed by atoms with Gasteiger partial charge in [-0.25, -0.2) is 4.79 Å². The second-order valence-electron chi connectivity index (χ2n) is 15.4. The summed E-state index contributed by atoms with van der Waals surface area (Å²) in [5.41, 5.74) is 4.87. The highest BCUT2D eigenvalue weighted by Crippen LogP contribution is 2.49. The topological polar surface area (TPSA) is 115 Å². The van der Waals surface area contributed by atoms with Gasteiger partial charge in [-0.05, 0) is 66.8 Å². The highest BCUT2D eigenvalue weighted by molar-refractivity contribution is 7.17. The number of benzene rings is 2. The number of rotatable bonds is 15. The number of nitrogens with zero attached hydrogens (tertiary/aromatic N) is 6. The standard InChI is InChI=1S/C44H44ClF3N6O5S2/c1-26-20-31(27(2)39(45)41(26)57-19-18-53-16-14-52(3)15-17-53)37-38-36(22-49-40(37)32-24-60-35-11-7-5-9-30(32)35)61-51-42(38)59-34(43(55)56)21-28-8-4-6-10-33(28)58-23-29-12-13-50-54(29)25-44(46,47)48/h4-13,22,24,26,34H,14-21,23,25H2,1-3H3,(H,55,56)/t26?,34-/m1/s1. The second kappa shape index (κ2) is 18.2. The van der Waals surface area contributed by atoms with E-state index in [4.69, 9.17) is 30.8 Å². The van der Waals surface area contributed by atoms with Crippen molar-refractivity contribution in [2.45, 2.75) is 52.1 Å². The molecule has 1 N–H and O–H groups in total. The summed E-state index contributed by atoms with van der Waals surface area (Å²) in [7, 11) is 2.14. The van der Waals surface area contributed by atoms with Gasteiger partial charge in [-0.15, -0.1) is 11.3 Å². The normalized spacial score (nSPS) is 17.4. The van der Waals surface area contributed by atoms with E-state index in [0.29, 0.717) is 45.2 Å². The zero-order chi connectivity index (χ0) is 42.8. The molecule has 4 aromatic heterocycles. The Morgan fingerprint density at radius 2 is 1.82 bits per heavy atom. The van der Waals surface area contributed by atoms with Crippen molar-refractivity contribution in [3.8, 4) is 22.9 Å². The molecule has 0 spiro atoms. The number of thiophene rings is 1. The Morgan fingerprint density at radius 1 is 1.05 bits per heavy atom. The van der Waals surface area contributed by atoms with E-state index in [2.05, 4.69) is 50.8 Å². The smallest absolute Gasteiger partial charge is 0.408 e. The van der Waals surface area contributed by atoms with Crippen LogP contribution in [0.4, 0.5) is 13.2 Å². The molecule has 1 fully saturated rings. The number of para-hydroxylation sites is 1. The molecule has 0 saturated carbocycles. The Hall–Kier alpha value is -5.00. The number of carboxylic acids is 1. The molecule has 0 bridgehead atoms. The van der Waals surface area contributed by atoms with Crippen LogP contribution in [0.15, 0.2) is 88.7 Å². The number of halogens is 4. The van der Waals surface area contributed by atoms with Gasteiger partial charge < -0.3 is 24.2 Å². The average molecular weight is 893 g/mol. The molecule has 320 valence electrons. The van der Waals surface area contributed by atoms with E-state index in [-0.39, 0.29) is 30.5 Å². The Morgan fingerprint density at radius 3 is 2.61 bits per heavy atom. The number of alkyl halides is 3. The van der Waals surface area contributed by atoms with E-state index in [1.807, 2.05) is 19.1 Å². The van der Waals surface area contributed by atoms with Crippen molar-refractivity contribution in [1.82, 2.24) is 28.9 Å². The first-order valence-corrected chi connectivity index (χ1v) is 21.9. The molecule has 17 heteroatoms. The van der Waals surface area contributed by atoms with Crippen molar-refractivity contribution in [3.63, 3.8) is 0 Å². The van der Waals surface area contributed by atoms with Gasteiger partial charge in [0.25, 0.3) is 0 Å². The fourth-order valence-electron chi connectivity index (χ4n) is 7.86. The van der Waals surface area contributed by atoms with Crippen molar-refractivity contribution in [2.24, 2.45) is 5.92 Å². The van der Waals surface area contributed by atoms with Crippen molar-refractivity contribution < 1.29 is 37.3 Å². The van der Waals surface area contributed by atoms with Gasteiger partial charge in [-0.1, -0.05) is 54.9 Å². The third kappa shape index (κ3) is 9.43. The Bertz CT molecular complexity index is 2610. The quantitative estimate of drug-likeness (QED) is 0.107. The Labute approximate surface area is 363 Å². The number of allylic oxidation sites excluding steroid dienone is 4. The minimum atomic E-state index is -4.46. The molecule has 1 aliphatic heterocycles. The molecule has 11 nitrogen and oxygen atoms in total. The molecular weight excluding hydrogens is 849 g/mol. The number of aliphatic carboxylic acids is 1. The van der Waals surface area contributed by atoms with Crippen LogP contribution in [0.3, 0.4) is 0 Å². The van der Waals surface area contributed by atoms with Crippen LogP contribution in [0, 0.1) is 5.92 Å². The maximum absolute atomic E-state index is 13.2. The van der Waals surface area contributed by atoms with Crippen molar-refractivity contribution in [3.05, 3.63) is 106 Å². The zero-order valence-corrected chi connectivity index (χ0v) is 36.1. The molecule has 0 amide bonds. The van der Waals surface area contributed by atoms with Gasteiger partial charge in [0, 0.05) is 84.0 Å². The Balaban J connectivity index is 1.14. The summed E-state index contributed by atoms with van der Waals surface area (Å²) in [5.74, 6) is -0.118. The van der Waals surface area contributed by atoms with Crippen LogP contribution in [0.1, 0.15) is 37.1 Å². The minimum absolute atomic E-state index is 0.0765. The van der Waals surface area contributed by atoms with Gasteiger partial charge >= 0.3 is 12.1 Å². The van der Waals surface area contributed by atoms with Crippen LogP contribution in [0.5, 0.6) is 11.6 Å². The molecule has 1 saturated heterocycles. The molecule has 1 unspecified atom stereocenters. The number of piperazine rings is 1. The van der Waals surface area contributed by atoms with Gasteiger partial charge in [0.2, 0.25) is 12.0 Å². The third-order valence-corrected chi connectivity index (χ3v) is 13.4. The molecule has 5 heterocycles. The monoisotopic (exact) mass is 892 g/mol. The molecule has 0 radical (unpaired) electrons. The van der Waals surface area contributed by atoms with Crippen LogP contribution in [0.2, 0.25) is 0 Å². The molecule has 8 rings (SSSR count). The number of hydrogen-bond acceptors (Lipinski definition) is 11. The van der Waals surface area contributed by atoms with E-state index in [9.17, 15) is 23.1 Å². The lowest BCUT2D eigenvalue weighted by molar-refractivity contribution is -0.145.